The van der Waals surface area contributed by atoms with Crippen LogP contribution in [-0.4, -0.2) is 34.9 Å². The number of rotatable bonds is 7. The van der Waals surface area contributed by atoms with Gasteiger partial charge in [-0.2, -0.15) is 0 Å². The van der Waals surface area contributed by atoms with Gasteiger partial charge in [-0.05, 0) is 50.5 Å². The van der Waals surface area contributed by atoms with Crippen molar-refractivity contribution < 1.29 is 19.1 Å². The van der Waals surface area contributed by atoms with Crippen LogP contribution in [0.1, 0.15) is 40.2 Å². The lowest BCUT2D eigenvalue weighted by Gasteiger charge is -2.11. The van der Waals surface area contributed by atoms with Gasteiger partial charge in [-0.25, -0.2) is 4.79 Å². The fourth-order valence-corrected chi connectivity index (χ4v) is 3.55. The second-order valence-electron chi connectivity index (χ2n) is 7.00. The first kappa shape index (κ1) is 20.1. The van der Waals surface area contributed by atoms with E-state index >= 15 is 0 Å². The third kappa shape index (κ3) is 4.62. The number of ketones is 1. The molecule has 1 saturated heterocycles. The molecule has 0 saturated carbocycles. The first-order chi connectivity index (χ1) is 13.3. The number of hydrogen-bond donors (Lipinski definition) is 1. The minimum Gasteiger partial charge on any atom is -0.456 e. The normalized spacial score (nSPS) is 16.1. The highest BCUT2D eigenvalue weighted by atomic mass is 35.5. The zero-order chi connectivity index (χ0) is 20.3. The number of nitrogens with zero attached hydrogens (tertiary/aromatic N) is 1. The molecule has 6 nitrogen and oxygen atoms in total. The van der Waals surface area contributed by atoms with Crippen LogP contribution in [0.2, 0.25) is 5.02 Å². The monoisotopic (exact) mass is 402 g/mol. The smallest absolute Gasteiger partial charge is 0.329 e. The van der Waals surface area contributed by atoms with Crippen LogP contribution in [0.5, 0.6) is 0 Å². The first-order valence-electron chi connectivity index (χ1n) is 9.25. The molecule has 0 bridgehead atoms. The molecular weight excluding hydrogens is 380 g/mol. The lowest BCUT2D eigenvalue weighted by atomic mass is 10.1. The van der Waals surface area contributed by atoms with Gasteiger partial charge in [0.1, 0.15) is 6.04 Å². The number of hydrogen-bond acceptors (Lipinski definition) is 4. The fourth-order valence-electron chi connectivity index (χ4n) is 3.43. The predicted molar refractivity (Wildman–Crippen MR) is 106 cm³/mol. The van der Waals surface area contributed by atoms with E-state index in [1.807, 2.05) is 44.2 Å². The number of aromatic nitrogens is 1. The van der Waals surface area contributed by atoms with Crippen molar-refractivity contribution in [2.24, 2.45) is 0 Å². The molecule has 148 valence electrons. The van der Waals surface area contributed by atoms with E-state index in [4.69, 9.17) is 16.3 Å². The second-order valence-corrected chi connectivity index (χ2v) is 7.44. The van der Waals surface area contributed by atoms with Gasteiger partial charge >= 0.3 is 5.97 Å². The third-order valence-electron chi connectivity index (χ3n) is 5.04. The molecule has 1 N–H and O–H groups in total. The molecule has 1 aliphatic rings. The quantitative estimate of drug-likeness (QED) is 0.570. The molecule has 0 unspecified atom stereocenters. The van der Waals surface area contributed by atoms with E-state index in [2.05, 4.69) is 9.88 Å². The number of halogens is 1. The van der Waals surface area contributed by atoms with Crippen molar-refractivity contribution in [2.75, 3.05) is 6.61 Å². The number of Topliss-reactive ketones (excluding diaryl/α,β-unsaturated/α-hetero) is 1. The molecule has 1 aromatic carbocycles. The van der Waals surface area contributed by atoms with Gasteiger partial charge in [0.05, 0.1) is 0 Å². The number of nitrogens with one attached hydrogen (secondary N) is 1. The molecule has 1 aliphatic heterocycles. The summed E-state index contributed by atoms with van der Waals surface area (Å²) in [6.07, 6.45) is 1.53. The van der Waals surface area contributed by atoms with Gasteiger partial charge in [0, 0.05) is 34.9 Å². The first-order valence-corrected chi connectivity index (χ1v) is 9.63. The Labute approximate surface area is 168 Å². The number of aryl methyl sites for hydroxylation is 2. The largest absolute Gasteiger partial charge is 0.456 e. The van der Waals surface area contributed by atoms with Crippen LogP contribution in [0.3, 0.4) is 0 Å². The maximum Gasteiger partial charge on any atom is 0.329 e. The molecule has 0 radical (unpaired) electrons. The van der Waals surface area contributed by atoms with E-state index in [0.29, 0.717) is 23.4 Å². The highest BCUT2D eigenvalue weighted by Gasteiger charge is 2.29. The van der Waals surface area contributed by atoms with Crippen molar-refractivity contribution in [1.82, 2.24) is 9.88 Å². The van der Waals surface area contributed by atoms with Gasteiger partial charge in [0.25, 0.3) is 0 Å². The summed E-state index contributed by atoms with van der Waals surface area (Å²) in [5.74, 6) is -0.975. The summed E-state index contributed by atoms with van der Waals surface area (Å²) in [5.41, 5.74) is 3.54. The van der Waals surface area contributed by atoms with E-state index in [9.17, 15) is 14.4 Å². The van der Waals surface area contributed by atoms with E-state index in [0.717, 1.165) is 29.9 Å². The maximum atomic E-state index is 12.5. The Morgan fingerprint density at radius 3 is 2.61 bits per heavy atom. The molecule has 2 heterocycles. The summed E-state index contributed by atoms with van der Waals surface area (Å²) in [6.45, 7) is 4.25. The van der Waals surface area contributed by atoms with Gasteiger partial charge in [-0.3, -0.25) is 9.59 Å². The average Bonchev–Trinajstić information content (AvgIpc) is 3.23. The summed E-state index contributed by atoms with van der Waals surface area (Å²) < 4.78 is 7.19. The highest BCUT2D eigenvalue weighted by molar-refractivity contribution is 6.30. The molecule has 0 aliphatic carbocycles. The zero-order valence-electron chi connectivity index (χ0n) is 16.0. The Kier molecular flexibility index (Phi) is 6.19. The Morgan fingerprint density at radius 1 is 1.25 bits per heavy atom. The van der Waals surface area contributed by atoms with Crippen molar-refractivity contribution in [1.29, 1.82) is 0 Å². The van der Waals surface area contributed by atoms with Gasteiger partial charge in [-0.1, -0.05) is 23.7 Å². The molecule has 0 spiro atoms. The molecule has 3 rings (SSSR count). The van der Waals surface area contributed by atoms with Crippen LogP contribution in [0, 0.1) is 13.8 Å². The Morgan fingerprint density at radius 2 is 1.96 bits per heavy atom. The molecule has 1 amide bonds. The SMILES string of the molecule is Cc1cc(C(=O)COC(=O)[C@@H]2CCC(=O)N2)c(C)n1CCc1ccc(Cl)cc1. The Balaban J connectivity index is 1.60. The van der Waals surface area contributed by atoms with Crippen LogP contribution in [0.4, 0.5) is 0 Å². The lowest BCUT2D eigenvalue weighted by molar-refractivity contribution is -0.145. The number of benzene rings is 1. The maximum absolute atomic E-state index is 12.5. The van der Waals surface area contributed by atoms with Gasteiger partial charge in [-0.15, -0.1) is 0 Å². The van der Waals surface area contributed by atoms with Crippen LogP contribution < -0.4 is 5.32 Å². The number of ether oxygens (including phenoxy) is 1. The summed E-state index contributed by atoms with van der Waals surface area (Å²) in [4.78, 5) is 35.7. The Bertz CT molecular complexity index is 902. The molecule has 2 aromatic rings. The number of esters is 1. The topological polar surface area (TPSA) is 77.4 Å². The summed E-state index contributed by atoms with van der Waals surface area (Å²) >= 11 is 5.92. The van der Waals surface area contributed by atoms with Crippen molar-refractivity contribution in [2.45, 2.75) is 45.7 Å². The summed E-state index contributed by atoms with van der Waals surface area (Å²) in [6, 6.07) is 8.88. The predicted octanol–water partition coefficient (Wildman–Crippen LogP) is 3.01. The van der Waals surface area contributed by atoms with Crippen LogP contribution in [0.25, 0.3) is 0 Å². The minimum absolute atomic E-state index is 0.169. The molecule has 7 heteroatoms. The van der Waals surface area contributed by atoms with Crippen molar-refractivity contribution in [3.8, 4) is 0 Å². The van der Waals surface area contributed by atoms with Crippen molar-refractivity contribution >= 4 is 29.3 Å². The fraction of sp³-hybridized carbons (Fsp3) is 0.381. The third-order valence-corrected chi connectivity index (χ3v) is 5.29. The van der Waals surface area contributed by atoms with Crippen LogP contribution in [0.15, 0.2) is 30.3 Å². The van der Waals surface area contributed by atoms with E-state index in [1.165, 1.54) is 0 Å². The number of carbonyl (C=O) groups excluding carboxylic acids is 3. The molecule has 1 fully saturated rings. The van der Waals surface area contributed by atoms with Gasteiger partial charge in [0.2, 0.25) is 11.7 Å². The van der Waals surface area contributed by atoms with E-state index in [1.54, 1.807) is 0 Å². The van der Waals surface area contributed by atoms with Crippen molar-refractivity contribution in [3.63, 3.8) is 0 Å². The molecule has 28 heavy (non-hydrogen) atoms. The molecule has 1 atom stereocenters. The van der Waals surface area contributed by atoms with E-state index < -0.39 is 12.0 Å². The second kappa shape index (κ2) is 8.61. The minimum atomic E-state index is -0.646. The molecular formula is C21H23ClN2O4. The highest BCUT2D eigenvalue weighted by Crippen LogP contribution is 2.18. The van der Waals surface area contributed by atoms with Gasteiger partial charge in [0.15, 0.2) is 6.61 Å². The van der Waals surface area contributed by atoms with Crippen molar-refractivity contribution in [3.05, 3.63) is 57.9 Å². The zero-order valence-corrected chi connectivity index (χ0v) is 16.7. The van der Waals surface area contributed by atoms with Crippen LogP contribution in [-0.2, 0) is 27.3 Å². The summed E-state index contributed by atoms with van der Waals surface area (Å²) in [5, 5.41) is 3.25. The summed E-state index contributed by atoms with van der Waals surface area (Å²) in [7, 11) is 0. The number of amides is 1. The molecule has 1 aromatic heterocycles. The van der Waals surface area contributed by atoms with E-state index in [-0.39, 0.29) is 18.3 Å². The standard InChI is InChI=1S/C21H23ClN2O4/c1-13-11-17(19(25)12-28-21(27)18-7-8-20(26)23-18)14(2)24(13)10-9-15-3-5-16(22)6-4-15/h3-6,11,18H,7-10,12H2,1-2H3,(H,23,26)/t18-/m0/s1. The van der Waals surface area contributed by atoms with Gasteiger partial charge < -0.3 is 14.6 Å². The average molecular weight is 403 g/mol. The van der Waals surface area contributed by atoms with Crippen LogP contribution >= 0.6 is 11.6 Å². The lowest BCUT2D eigenvalue weighted by Crippen LogP contribution is -2.35. The Hall–Kier alpha value is -2.60. The number of carbonyl (C=O) groups is 3.